The summed E-state index contributed by atoms with van der Waals surface area (Å²) in [5, 5.41) is 0. The first-order valence-electron chi connectivity index (χ1n) is 5.59. The van der Waals surface area contributed by atoms with Gasteiger partial charge in [-0.1, -0.05) is 6.07 Å². The number of epoxide rings is 1. The minimum absolute atomic E-state index is 0.246. The number of hydrogen-bond acceptors (Lipinski definition) is 4. The van der Waals surface area contributed by atoms with Gasteiger partial charge < -0.3 is 4.74 Å². The molecule has 2 rings (SSSR count). The van der Waals surface area contributed by atoms with Gasteiger partial charge >= 0.3 is 15.6 Å². The average molecular weight is 332 g/mol. The van der Waals surface area contributed by atoms with Crippen LogP contribution in [0.4, 0.5) is 22.0 Å². The van der Waals surface area contributed by atoms with Crippen LogP contribution in [0.3, 0.4) is 0 Å². The van der Waals surface area contributed by atoms with Gasteiger partial charge in [0.2, 0.25) is 0 Å². The fourth-order valence-electron chi connectivity index (χ4n) is 1.84. The molecule has 0 amide bonds. The first-order valence-corrected chi connectivity index (χ1v) is 6.99. The van der Waals surface area contributed by atoms with Crippen LogP contribution < -0.4 is 0 Å². The van der Waals surface area contributed by atoms with E-state index in [1.807, 2.05) is 0 Å². The zero-order valence-corrected chi connectivity index (χ0v) is 11.3. The SMILES string of the molecule is C[C@@H](OS(=O)(=O)C(F)(F)F)[C@@]1(c2ccc(F)cc2F)CO1. The van der Waals surface area contributed by atoms with Crippen LogP contribution in [0.15, 0.2) is 18.2 Å². The molecule has 1 aliphatic rings. The van der Waals surface area contributed by atoms with Crippen LogP contribution in [-0.2, 0) is 24.6 Å². The van der Waals surface area contributed by atoms with E-state index >= 15 is 0 Å². The third-order valence-corrected chi connectivity index (χ3v) is 4.16. The summed E-state index contributed by atoms with van der Waals surface area (Å²) < 4.78 is 94.1. The molecule has 10 heteroatoms. The van der Waals surface area contributed by atoms with Gasteiger partial charge in [0.15, 0.2) is 0 Å². The average Bonchev–Trinajstić information content (AvgIpc) is 3.07. The maximum atomic E-state index is 13.7. The minimum Gasteiger partial charge on any atom is -0.361 e. The second kappa shape index (κ2) is 4.89. The first-order chi connectivity index (χ1) is 9.49. The van der Waals surface area contributed by atoms with E-state index in [-0.39, 0.29) is 12.2 Å². The molecule has 21 heavy (non-hydrogen) atoms. The van der Waals surface area contributed by atoms with Crippen LogP contribution >= 0.6 is 0 Å². The number of alkyl halides is 3. The van der Waals surface area contributed by atoms with Gasteiger partial charge in [-0.25, -0.2) is 8.78 Å². The molecule has 1 heterocycles. The molecule has 1 saturated heterocycles. The van der Waals surface area contributed by atoms with E-state index in [2.05, 4.69) is 4.18 Å². The lowest BCUT2D eigenvalue weighted by Gasteiger charge is -2.21. The molecule has 0 saturated carbocycles. The van der Waals surface area contributed by atoms with E-state index in [9.17, 15) is 30.4 Å². The maximum absolute atomic E-state index is 13.7. The van der Waals surface area contributed by atoms with Crippen LogP contribution in [-0.4, -0.2) is 26.6 Å². The topological polar surface area (TPSA) is 55.9 Å². The van der Waals surface area contributed by atoms with Crippen molar-refractivity contribution >= 4 is 10.1 Å². The molecule has 0 spiro atoms. The normalized spacial score (nSPS) is 23.9. The summed E-state index contributed by atoms with van der Waals surface area (Å²) in [6.45, 7) is 0.753. The second-order valence-electron chi connectivity index (χ2n) is 4.44. The molecule has 0 radical (unpaired) electrons. The van der Waals surface area contributed by atoms with Gasteiger partial charge in [-0.3, -0.25) is 4.18 Å². The van der Waals surface area contributed by atoms with Gasteiger partial charge in [-0.2, -0.15) is 21.6 Å². The zero-order chi connectivity index (χ0) is 16.1. The van der Waals surface area contributed by atoms with E-state index in [0.29, 0.717) is 6.07 Å². The molecule has 0 aromatic heterocycles. The van der Waals surface area contributed by atoms with Crippen molar-refractivity contribution in [2.45, 2.75) is 24.1 Å². The fraction of sp³-hybridized carbons (Fsp3) is 0.455. The molecule has 4 nitrogen and oxygen atoms in total. The van der Waals surface area contributed by atoms with Crippen molar-refractivity contribution in [1.29, 1.82) is 0 Å². The molecule has 0 aliphatic carbocycles. The Kier molecular flexibility index (Phi) is 3.75. The third-order valence-electron chi connectivity index (χ3n) is 3.05. The molecule has 1 aliphatic heterocycles. The van der Waals surface area contributed by atoms with Crippen molar-refractivity contribution in [1.82, 2.24) is 0 Å². The molecule has 1 aromatic rings. The van der Waals surface area contributed by atoms with E-state index in [1.165, 1.54) is 0 Å². The minimum atomic E-state index is -5.85. The molecule has 0 unspecified atom stereocenters. The molecule has 1 aromatic carbocycles. The van der Waals surface area contributed by atoms with Gasteiger partial charge in [-0.05, 0) is 13.0 Å². The van der Waals surface area contributed by atoms with Gasteiger partial charge in [0.1, 0.15) is 23.3 Å². The predicted octanol–water partition coefficient (Wildman–Crippen LogP) is 2.45. The second-order valence-corrected chi connectivity index (χ2v) is 6.00. The number of ether oxygens (including phenoxy) is 1. The Bertz CT molecular complexity index is 651. The summed E-state index contributed by atoms with van der Waals surface area (Å²) in [6, 6.07) is 2.37. The summed E-state index contributed by atoms with van der Waals surface area (Å²) in [5.41, 5.74) is -7.55. The monoisotopic (exact) mass is 332 g/mol. The Morgan fingerprint density at radius 3 is 2.33 bits per heavy atom. The molecule has 0 N–H and O–H groups in total. The van der Waals surface area contributed by atoms with Crippen LogP contribution in [0, 0.1) is 11.6 Å². The fourth-order valence-corrected chi connectivity index (χ4v) is 2.49. The van der Waals surface area contributed by atoms with Crippen molar-refractivity contribution in [2.75, 3.05) is 6.61 Å². The van der Waals surface area contributed by atoms with Crippen molar-refractivity contribution in [2.24, 2.45) is 0 Å². The smallest absolute Gasteiger partial charge is 0.361 e. The Balaban J connectivity index is 2.29. The predicted molar refractivity (Wildman–Crippen MR) is 59.5 cm³/mol. The number of benzene rings is 1. The lowest BCUT2D eigenvalue weighted by Crippen LogP contribution is -2.36. The Hall–Kier alpha value is -1.26. The van der Waals surface area contributed by atoms with Crippen LogP contribution in [0.5, 0.6) is 0 Å². The standard InChI is InChI=1S/C11H9F5O4S/c1-6(20-21(17,18)11(14,15)16)10(5-19-10)8-3-2-7(12)4-9(8)13/h2-4,6H,5H2,1H3/t6-,10-/m1/s1. The molecule has 0 bridgehead atoms. The van der Waals surface area contributed by atoms with E-state index in [0.717, 1.165) is 19.1 Å². The van der Waals surface area contributed by atoms with Gasteiger partial charge in [0, 0.05) is 11.6 Å². The first kappa shape index (κ1) is 16.1. The summed E-state index contributed by atoms with van der Waals surface area (Å²) in [5.74, 6) is -1.95. The summed E-state index contributed by atoms with van der Waals surface area (Å²) in [6.07, 6.45) is -1.64. The van der Waals surface area contributed by atoms with Crippen molar-refractivity contribution in [3.05, 3.63) is 35.4 Å². The Morgan fingerprint density at radius 2 is 1.90 bits per heavy atom. The number of hydrogen-bond donors (Lipinski definition) is 0. The highest BCUT2D eigenvalue weighted by Gasteiger charge is 2.58. The highest BCUT2D eigenvalue weighted by molar-refractivity contribution is 7.87. The van der Waals surface area contributed by atoms with Crippen LogP contribution in [0.25, 0.3) is 0 Å². The molecule has 2 atom stereocenters. The van der Waals surface area contributed by atoms with Crippen LogP contribution in [0.1, 0.15) is 12.5 Å². The number of rotatable bonds is 4. The van der Waals surface area contributed by atoms with E-state index < -0.39 is 39.0 Å². The van der Waals surface area contributed by atoms with Gasteiger partial charge in [0.05, 0.1) is 6.61 Å². The largest absolute Gasteiger partial charge is 0.523 e. The third kappa shape index (κ3) is 2.87. The lowest BCUT2D eigenvalue weighted by atomic mass is 9.94. The van der Waals surface area contributed by atoms with Crippen molar-refractivity contribution in [3.63, 3.8) is 0 Å². The summed E-state index contributed by atoms with van der Waals surface area (Å²) in [7, 11) is -5.85. The highest BCUT2D eigenvalue weighted by atomic mass is 32.2. The van der Waals surface area contributed by atoms with E-state index in [1.54, 1.807) is 0 Å². The molecule has 1 fully saturated rings. The van der Waals surface area contributed by atoms with Crippen molar-refractivity contribution in [3.8, 4) is 0 Å². The summed E-state index contributed by atoms with van der Waals surface area (Å²) >= 11 is 0. The molecular formula is C11H9F5O4S. The number of halogens is 5. The van der Waals surface area contributed by atoms with E-state index in [4.69, 9.17) is 4.74 Å². The molecule has 118 valence electrons. The Labute approximate surface area is 116 Å². The van der Waals surface area contributed by atoms with Crippen LogP contribution in [0.2, 0.25) is 0 Å². The quantitative estimate of drug-likeness (QED) is 0.368. The highest BCUT2D eigenvalue weighted by Crippen LogP contribution is 2.45. The van der Waals surface area contributed by atoms with Gasteiger partial charge in [-0.15, -0.1) is 0 Å². The maximum Gasteiger partial charge on any atom is 0.523 e. The molecular weight excluding hydrogens is 323 g/mol. The summed E-state index contributed by atoms with van der Waals surface area (Å²) in [4.78, 5) is 0. The van der Waals surface area contributed by atoms with Gasteiger partial charge in [0.25, 0.3) is 0 Å². The zero-order valence-electron chi connectivity index (χ0n) is 10.4. The lowest BCUT2D eigenvalue weighted by molar-refractivity contribution is -0.0597. The van der Waals surface area contributed by atoms with Crippen molar-refractivity contribution < 1.29 is 39.3 Å². The Morgan fingerprint density at radius 1 is 1.33 bits per heavy atom.